The molecule has 0 spiro atoms. The third kappa shape index (κ3) is 5.80. The molecule has 8 nitrogen and oxygen atoms in total. The van der Waals surface area contributed by atoms with E-state index in [1.54, 1.807) is 18.2 Å². The van der Waals surface area contributed by atoms with Gasteiger partial charge in [-0.05, 0) is 43.7 Å². The number of aromatic amines is 1. The first-order valence-corrected chi connectivity index (χ1v) is 12.7. The van der Waals surface area contributed by atoms with Crippen molar-refractivity contribution >= 4 is 20.8 Å². The highest BCUT2D eigenvalue weighted by atomic mass is 32.2. The first-order chi connectivity index (χ1) is 15.9. The summed E-state index contributed by atoms with van der Waals surface area (Å²) in [6.45, 7) is 6.79. The number of rotatable bonds is 9. The standard InChI is InChI=1S/C24H30N4O4S/c1-19(26-33(30,31)23-10-5-9-22-21(23)11-12-25-24(22)29)28-16-14-27(15-17-28)13-6-18-32-20-7-3-2-4-8-20/h2-5,7-12,19,26H,6,13-18H2,1H3,(H,25,29). The van der Waals surface area contributed by atoms with Gasteiger partial charge in [-0.2, -0.15) is 4.72 Å². The predicted molar refractivity (Wildman–Crippen MR) is 129 cm³/mol. The van der Waals surface area contributed by atoms with E-state index in [0.29, 0.717) is 17.4 Å². The number of nitrogens with one attached hydrogen (secondary N) is 2. The van der Waals surface area contributed by atoms with Crippen molar-refractivity contribution in [2.75, 3.05) is 39.3 Å². The fourth-order valence-corrected chi connectivity index (χ4v) is 5.61. The average Bonchev–Trinajstić information content (AvgIpc) is 2.82. The molecule has 2 N–H and O–H groups in total. The molecule has 1 saturated heterocycles. The normalized spacial score (nSPS) is 16.6. The Morgan fingerprint density at radius 3 is 2.52 bits per heavy atom. The first kappa shape index (κ1) is 23.4. The molecule has 176 valence electrons. The zero-order chi connectivity index (χ0) is 23.3. The number of fused-ring (bicyclic) bond motifs is 1. The molecule has 1 unspecified atom stereocenters. The molecule has 33 heavy (non-hydrogen) atoms. The number of H-pyrrole nitrogens is 1. The zero-order valence-corrected chi connectivity index (χ0v) is 19.6. The van der Waals surface area contributed by atoms with Crippen LogP contribution in [0.2, 0.25) is 0 Å². The third-order valence-corrected chi connectivity index (χ3v) is 7.56. The van der Waals surface area contributed by atoms with Crippen molar-refractivity contribution in [2.24, 2.45) is 0 Å². The molecule has 1 aromatic heterocycles. The number of pyridine rings is 1. The van der Waals surface area contributed by atoms with Gasteiger partial charge in [0.05, 0.1) is 17.7 Å². The first-order valence-electron chi connectivity index (χ1n) is 11.2. The summed E-state index contributed by atoms with van der Waals surface area (Å²) in [5.74, 6) is 0.888. The monoisotopic (exact) mass is 470 g/mol. The van der Waals surface area contributed by atoms with Gasteiger partial charge in [-0.25, -0.2) is 8.42 Å². The van der Waals surface area contributed by atoms with E-state index in [1.807, 2.05) is 37.3 Å². The lowest BCUT2D eigenvalue weighted by Gasteiger charge is -2.38. The van der Waals surface area contributed by atoms with Crippen LogP contribution >= 0.6 is 0 Å². The second-order valence-corrected chi connectivity index (χ2v) is 9.90. The van der Waals surface area contributed by atoms with E-state index in [9.17, 15) is 13.2 Å². The smallest absolute Gasteiger partial charge is 0.255 e. The van der Waals surface area contributed by atoms with Gasteiger partial charge in [0, 0.05) is 49.7 Å². The third-order valence-electron chi connectivity index (χ3n) is 5.98. The summed E-state index contributed by atoms with van der Waals surface area (Å²) < 4.78 is 34.7. The molecule has 0 aliphatic carbocycles. The van der Waals surface area contributed by atoms with Gasteiger partial charge >= 0.3 is 0 Å². The Kier molecular flexibility index (Phi) is 7.44. The minimum Gasteiger partial charge on any atom is -0.494 e. The van der Waals surface area contributed by atoms with Crippen LogP contribution in [0.5, 0.6) is 5.75 Å². The van der Waals surface area contributed by atoms with E-state index in [1.165, 1.54) is 12.3 Å². The lowest BCUT2D eigenvalue weighted by atomic mass is 10.2. The van der Waals surface area contributed by atoms with E-state index in [4.69, 9.17) is 4.74 Å². The molecule has 2 aromatic carbocycles. The van der Waals surface area contributed by atoms with Crippen LogP contribution < -0.4 is 15.0 Å². The molecular weight excluding hydrogens is 440 g/mol. The second kappa shape index (κ2) is 10.5. The van der Waals surface area contributed by atoms with Gasteiger partial charge in [-0.3, -0.25) is 9.69 Å². The molecule has 2 heterocycles. The van der Waals surface area contributed by atoms with E-state index in [2.05, 4.69) is 19.5 Å². The molecular formula is C24H30N4O4S. The molecule has 0 radical (unpaired) electrons. The van der Waals surface area contributed by atoms with Gasteiger partial charge in [0.1, 0.15) is 5.75 Å². The van der Waals surface area contributed by atoms with Crippen LogP contribution in [0.25, 0.3) is 10.8 Å². The molecule has 3 aromatic rings. The van der Waals surface area contributed by atoms with Crippen LogP contribution in [0.1, 0.15) is 13.3 Å². The second-order valence-electron chi connectivity index (χ2n) is 8.21. The van der Waals surface area contributed by atoms with Crippen molar-refractivity contribution in [3.63, 3.8) is 0 Å². The summed E-state index contributed by atoms with van der Waals surface area (Å²) in [6.07, 6.45) is 2.06. The maximum absolute atomic E-state index is 13.1. The molecule has 1 aliphatic rings. The molecule has 0 amide bonds. The SMILES string of the molecule is CC(NS(=O)(=O)c1cccc2c(=O)[nH]ccc12)N1CCN(CCCOc2ccccc2)CC1. The fraction of sp³-hybridized carbons (Fsp3) is 0.375. The highest BCUT2D eigenvalue weighted by Crippen LogP contribution is 2.21. The van der Waals surface area contributed by atoms with Crippen molar-refractivity contribution in [2.45, 2.75) is 24.4 Å². The molecule has 0 saturated carbocycles. The summed E-state index contributed by atoms with van der Waals surface area (Å²) >= 11 is 0. The summed E-state index contributed by atoms with van der Waals surface area (Å²) in [6, 6.07) is 16.2. The Bertz CT molecular complexity index is 1220. The Hall–Kier alpha value is -2.72. The average molecular weight is 471 g/mol. The number of ether oxygens (including phenoxy) is 1. The minimum atomic E-state index is -3.78. The lowest BCUT2D eigenvalue weighted by Crippen LogP contribution is -2.54. The molecule has 4 rings (SSSR count). The molecule has 0 bridgehead atoms. The number of para-hydroxylation sites is 1. The van der Waals surface area contributed by atoms with E-state index < -0.39 is 10.0 Å². The fourth-order valence-electron chi connectivity index (χ4n) is 4.16. The maximum Gasteiger partial charge on any atom is 0.255 e. The van der Waals surface area contributed by atoms with Gasteiger partial charge in [0.15, 0.2) is 0 Å². The Morgan fingerprint density at radius 2 is 1.76 bits per heavy atom. The maximum atomic E-state index is 13.1. The van der Waals surface area contributed by atoms with Gasteiger partial charge in [0.25, 0.3) is 5.56 Å². The number of sulfonamides is 1. The topological polar surface area (TPSA) is 94.7 Å². The van der Waals surface area contributed by atoms with Crippen molar-refractivity contribution in [1.29, 1.82) is 0 Å². The Balaban J connectivity index is 1.28. The van der Waals surface area contributed by atoms with Crippen molar-refractivity contribution in [3.05, 3.63) is 71.1 Å². The minimum absolute atomic E-state index is 0.120. The van der Waals surface area contributed by atoms with Gasteiger partial charge in [0.2, 0.25) is 10.0 Å². The number of nitrogens with zero attached hydrogens (tertiary/aromatic N) is 2. The van der Waals surface area contributed by atoms with Crippen molar-refractivity contribution in [3.8, 4) is 5.75 Å². The van der Waals surface area contributed by atoms with E-state index >= 15 is 0 Å². The molecule has 1 atom stereocenters. The molecule has 1 fully saturated rings. The summed E-state index contributed by atoms with van der Waals surface area (Å²) in [4.78, 5) is 19.2. The lowest BCUT2D eigenvalue weighted by molar-refractivity contribution is 0.0943. The van der Waals surface area contributed by atoms with Crippen LogP contribution in [0.3, 0.4) is 0 Å². The van der Waals surface area contributed by atoms with Gasteiger partial charge in [-0.15, -0.1) is 0 Å². The largest absolute Gasteiger partial charge is 0.494 e. The Labute approximate surface area is 194 Å². The van der Waals surface area contributed by atoms with E-state index in [-0.39, 0.29) is 16.6 Å². The Morgan fingerprint density at radius 1 is 1.00 bits per heavy atom. The van der Waals surface area contributed by atoms with Crippen LogP contribution in [-0.4, -0.2) is 68.7 Å². The zero-order valence-electron chi connectivity index (χ0n) is 18.7. The number of hydrogen-bond acceptors (Lipinski definition) is 6. The van der Waals surface area contributed by atoms with Crippen LogP contribution in [-0.2, 0) is 10.0 Å². The van der Waals surface area contributed by atoms with Crippen molar-refractivity contribution in [1.82, 2.24) is 19.5 Å². The number of hydrogen-bond donors (Lipinski definition) is 2. The van der Waals surface area contributed by atoms with Crippen LogP contribution in [0.4, 0.5) is 0 Å². The van der Waals surface area contributed by atoms with Crippen molar-refractivity contribution < 1.29 is 13.2 Å². The number of benzene rings is 2. The summed E-state index contributed by atoms with van der Waals surface area (Å²) in [5, 5.41) is 0.779. The quantitative estimate of drug-likeness (QED) is 0.466. The number of aromatic nitrogens is 1. The van der Waals surface area contributed by atoms with Gasteiger partial charge < -0.3 is 14.6 Å². The highest BCUT2D eigenvalue weighted by Gasteiger charge is 2.26. The van der Waals surface area contributed by atoms with Crippen LogP contribution in [0.15, 0.2) is 70.5 Å². The molecule has 9 heteroatoms. The van der Waals surface area contributed by atoms with Crippen LogP contribution in [0, 0.1) is 0 Å². The highest BCUT2D eigenvalue weighted by molar-refractivity contribution is 7.89. The number of piperazine rings is 1. The van der Waals surface area contributed by atoms with Gasteiger partial charge in [-0.1, -0.05) is 24.3 Å². The summed E-state index contributed by atoms with van der Waals surface area (Å²) in [5.41, 5.74) is -0.303. The van der Waals surface area contributed by atoms with E-state index in [0.717, 1.165) is 44.9 Å². The molecule has 1 aliphatic heterocycles. The predicted octanol–water partition coefficient (Wildman–Crippen LogP) is 2.24. The summed E-state index contributed by atoms with van der Waals surface area (Å²) in [7, 11) is -3.78.